The van der Waals surface area contributed by atoms with E-state index < -0.39 is 0 Å². The maximum absolute atomic E-state index is 6.49. The number of hydrogen-bond acceptors (Lipinski definition) is 7. The van der Waals surface area contributed by atoms with Crippen LogP contribution in [0, 0.1) is 0 Å². The molecule has 49 heavy (non-hydrogen) atoms. The SMILES string of the molecule is c1ccc(-c2nc(-c3ccccc3)nc(-c3cccc4oc5cccc(-c6nc(-c7ccccc7)nc(-c7ccccc7)n6)c5c34)n2)cc1. The lowest BCUT2D eigenvalue weighted by Gasteiger charge is -2.11. The van der Waals surface area contributed by atoms with E-state index in [0.29, 0.717) is 46.1 Å². The van der Waals surface area contributed by atoms with E-state index in [0.717, 1.165) is 44.2 Å². The second kappa shape index (κ2) is 12.1. The number of hydrogen-bond donors (Lipinski definition) is 0. The van der Waals surface area contributed by atoms with Crippen LogP contribution in [0.3, 0.4) is 0 Å². The summed E-state index contributed by atoms with van der Waals surface area (Å²) in [6.45, 7) is 0. The van der Waals surface area contributed by atoms with Gasteiger partial charge in [-0.2, -0.15) is 0 Å². The van der Waals surface area contributed by atoms with Crippen molar-refractivity contribution in [1.29, 1.82) is 0 Å². The molecule has 0 unspecified atom stereocenters. The Bertz CT molecular complexity index is 2290. The third kappa shape index (κ3) is 5.29. The number of nitrogens with zero attached hydrogens (tertiary/aromatic N) is 6. The molecule has 0 saturated heterocycles. The highest BCUT2D eigenvalue weighted by Crippen LogP contribution is 2.41. The van der Waals surface area contributed by atoms with E-state index >= 15 is 0 Å². The molecule has 9 rings (SSSR count). The van der Waals surface area contributed by atoms with Crippen LogP contribution in [0.1, 0.15) is 0 Å². The first-order chi connectivity index (χ1) is 24.3. The van der Waals surface area contributed by atoms with Crippen LogP contribution in [0.4, 0.5) is 0 Å². The molecule has 3 heterocycles. The summed E-state index contributed by atoms with van der Waals surface area (Å²) in [6, 6.07) is 51.8. The van der Waals surface area contributed by atoms with Crippen molar-refractivity contribution in [3.8, 4) is 68.3 Å². The molecule has 0 aliphatic rings. The lowest BCUT2D eigenvalue weighted by Crippen LogP contribution is -2.01. The predicted octanol–water partition coefficient (Wildman–Crippen LogP) is 9.96. The molecule has 6 aromatic carbocycles. The molecule has 0 bridgehead atoms. The molecule has 3 aromatic heterocycles. The molecule has 0 aliphatic heterocycles. The van der Waals surface area contributed by atoms with Gasteiger partial charge in [-0.3, -0.25) is 0 Å². The molecule has 7 heteroatoms. The van der Waals surface area contributed by atoms with Gasteiger partial charge in [0.05, 0.1) is 0 Å². The largest absolute Gasteiger partial charge is 0.456 e. The lowest BCUT2D eigenvalue weighted by molar-refractivity contribution is 0.669. The second-order valence-electron chi connectivity index (χ2n) is 11.5. The Kier molecular flexibility index (Phi) is 6.98. The Balaban J connectivity index is 1.31. The summed E-state index contributed by atoms with van der Waals surface area (Å²) in [5, 5.41) is 1.75. The fourth-order valence-electron chi connectivity index (χ4n) is 6.10. The molecule has 0 fully saturated rings. The first kappa shape index (κ1) is 28.4. The van der Waals surface area contributed by atoms with Gasteiger partial charge in [0.1, 0.15) is 11.2 Å². The third-order valence-electron chi connectivity index (χ3n) is 8.40. The Hall–Kier alpha value is -6.86. The van der Waals surface area contributed by atoms with Gasteiger partial charge in [0.2, 0.25) is 0 Å². The van der Waals surface area contributed by atoms with Crippen LogP contribution in [0.5, 0.6) is 0 Å². The van der Waals surface area contributed by atoms with E-state index in [-0.39, 0.29) is 0 Å². The average Bonchev–Trinajstić information content (AvgIpc) is 3.58. The highest BCUT2D eigenvalue weighted by atomic mass is 16.3. The van der Waals surface area contributed by atoms with Gasteiger partial charge >= 0.3 is 0 Å². The zero-order valence-corrected chi connectivity index (χ0v) is 26.1. The summed E-state index contributed by atoms with van der Waals surface area (Å²) in [4.78, 5) is 30.0. The van der Waals surface area contributed by atoms with Crippen LogP contribution in [-0.2, 0) is 0 Å². The van der Waals surface area contributed by atoms with Crippen LogP contribution >= 0.6 is 0 Å². The summed E-state index contributed by atoms with van der Waals surface area (Å²) in [5.74, 6) is 3.45. The van der Waals surface area contributed by atoms with Crippen molar-refractivity contribution >= 4 is 21.9 Å². The van der Waals surface area contributed by atoms with Crippen molar-refractivity contribution in [2.45, 2.75) is 0 Å². The van der Waals surface area contributed by atoms with E-state index in [2.05, 4.69) is 0 Å². The van der Waals surface area contributed by atoms with Crippen molar-refractivity contribution in [3.05, 3.63) is 158 Å². The summed E-state index contributed by atoms with van der Waals surface area (Å²) in [6.07, 6.45) is 0. The molecule has 7 nitrogen and oxygen atoms in total. The van der Waals surface area contributed by atoms with Gasteiger partial charge in [-0.05, 0) is 12.1 Å². The lowest BCUT2D eigenvalue weighted by atomic mass is 10.0. The molecule has 0 saturated carbocycles. The minimum atomic E-state index is 0.543. The quantitative estimate of drug-likeness (QED) is 0.181. The fourth-order valence-corrected chi connectivity index (χ4v) is 6.10. The molecule has 230 valence electrons. The van der Waals surface area contributed by atoms with Crippen molar-refractivity contribution in [3.63, 3.8) is 0 Å². The standard InChI is InChI=1S/C42H26N6O/c1-5-15-27(16-6-1)37-43-38(28-17-7-2-8-18-28)46-41(45-37)31-23-13-25-33-35(31)36-32(24-14-26-34(36)49-33)42-47-39(29-19-9-3-10-20-29)44-40(48-42)30-21-11-4-12-22-30/h1-26H. The normalized spacial score (nSPS) is 11.3. The molecule has 0 aliphatic carbocycles. The van der Waals surface area contributed by atoms with Crippen LogP contribution in [0.25, 0.3) is 90.3 Å². The minimum absolute atomic E-state index is 0.543. The minimum Gasteiger partial charge on any atom is -0.456 e. The molecular formula is C42H26N6O. The number of benzene rings is 6. The predicted molar refractivity (Wildman–Crippen MR) is 193 cm³/mol. The summed E-state index contributed by atoms with van der Waals surface area (Å²) < 4.78 is 6.49. The molecule has 0 spiro atoms. The van der Waals surface area contributed by atoms with Crippen molar-refractivity contribution in [1.82, 2.24) is 29.9 Å². The Morgan fingerprint density at radius 2 is 0.551 bits per heavy atom. The number of furan rings is 1. The van der Waals surface area contributed by atoms with E-state index in [1.807, 2.05) is 158 Å². The first-order valence-electron chi connectivity index (χ1n) is 16.0. The van der Waals surface area contributed by atoms with Crippen LogP contribution < -0.4 is 0 Å². The second-order valence-corrected chi connectivity index (χ2v) is 11.5. The maximum atomic E-state index is 6.49. The van der Waals surface area contributed by atoms with Gasteiger partial charge in [0.25, 0.3) is 0 Å². The van der Waals surface area contributed by atoms with Crippen LogP contribution in [-0.4, -0.2) is 29.9 Å². The summed E-state index contributed by atoms with van der Waals surface area (Å²) >= 11 is 0. The zero-order chi connectivity index (χ0) is 32.6. The first-order valence-corrected chi connectivity index (χ1v) is 16.0. The van der Waals surface area contributed by atoms with Crippen LogP contribution in [0.15, 0.2) is 162 Å². The number of rotatable bonds is 6. The van der Waals surface area contributed by atoms with E-state index in [9.17, 15) is 0 Å². The Labute approximate surface area is 281 Å². The number of aromatic nitrogens is 6. The van der Waals surface area contributed by atoms with Gasteiger partial charge in [0.15, 0.2) is 34.9 Å². The Morgan fingerprint density at radius 3 is 0.857 bits per heavy atom. The topological polar surface area (TPSA) is 90.5 Å². The third-order valence-corrected chi connectivity index (χ3v) is 8.40. The molecule has 0 N–H and O–H groups in total. The zero-order valence-electron chi connectivity index (χ0n) is 26.1. The monoisotopic (exact) mass is 630 g/mol. The van der Waals surface area contributed by atoms with E-state index in [1.165, 1.54) is 0 Å². The van der Waals surface area contributed by atoms with Crippen LogP contribution in [0.2, 0.25) is 0 Å². The molecule has 0 amide bonds. The van der Waals surface area contributed by atoms with Crippen molar-refractivity contribution < 1.29 is 4.42 Å². The van der Waals surface area contributed by atoms with Crippen molar-refractivity contribution in [2.75, 3.05) is 0 Å². The fraction of sp³-hybridized carbons (Fsp3) is 0. The Morgan fingerprint density at radius 1 is 0.265 bits per heavy atom. The molecular weight excluding hydrogens is 605 g/mol. The highest BCUT2D eigenvalue weighted by Gasteiger charge is 2.22. The van der Waals surface area contributed by atoms with E-state index in [4.69, 9.17) is 34.3 Å². The van der Waals surface area contributed by atoms with E-state index in [1.54, 1.807) is 0 Å². The number of fused-ring (bicyclic) bond motifs is 3. The van der Waals surface area contributed by atoms with Gasteiger partial charge in [-0.1, -0.05) is 146 Å². The van der Waals surface area contributed by atoms with Crippen molar-refractivity contribution in [2.24, 2.45) is 0 Å². The van der Waals surface area contributed by atoms with Gasteiger partial charge < -0.3 is 4.42 Å². The molecule has 0 radical (unpaired) electrons. The van der Waals surface area contributed by atoms with Gasteiger partial charge in [-0.15, -0.1) is 0 Å². The average molecular weight is 631 g/mol. The van der Waals surface area contributed by atoms with Gasteiger partial charge in [-0.25, -0.2) is 29.9 Å². The summed E-state index contributed by atoms with van der Waals surface area (Å²) in [7, 11) is 0. The smallest absolute Gasteiger partial charge is 0.164 e. The maximum Gasteiger partial charge on any atom is 0.164 e. The summed E-state index contributed by atoms with van der Waals surface area (Å²) in [5.41, 5.74) is 6.68. The highest BCUT2D eigenvalue weighted by molar-refractivity contribution is 6.17. The van der Waals surface area contributed by atoms with Gasteiger partial charge in [0, 0.05) is 44.2 Å². The molecule has 9 aromatic rings. The molecule has 0 atom stereocenters.